The average Bonchev–Trinajstić information content (AvgIpc) is 2.95. The zero-order valence-electron chi connectivity index (χ0n) is 15.5. The van der Waals surface area contributed by atoms with Crippen molar-refractivity contribution in [2.45, 2.75) is 13.8 Å². The van der Waals surface area contributed by atoms with Gasteiger partial charge in [0.1, 0.15) is 29.4 Å². The van der Waals surface area contributed by atoms with Crippen LogP contribution >= 0.6 is 0 Å². The molecule has 136 valence electrons. The van der Waals surface area contributed by atoms with Gasteiger partial charge in [-0.2, -0.15) is 0 Å². The van der Waals surface area contributed by atoms with E-state index in [0.29, 0.717) is 35.8 Å². The molecule has 0 unspecified atom stereocenters. The van der Waals surface area contributed by atoms with Crippen molar-refractivity contribution in [2.24, 2.45) is 0 Å². The summed E-state index contributed by atoms with van der Waals surface area (Å²) in [4.78, 5) is 14.6. The lowest BCUT2D eigenvalue weighted by molar-refractivity contribution is 0.0773. The number of ether oxygens (including phenoxy) is 2. The van der Waals surface area contributed by atoms with Crippen LogP contribution in [0.15, 0.2) is 46.9 Å². The highest BCUT2D eigenvalue weighted by molar-refractivity contribution is 6.07. The molecule has 2 aromatic carbocycles. The molecule has 1 aromatic heterocycles. The van der Waals surface area contributed by atoms with Crippen LogP contribution in [0.4, 0.5) is 0 Å². The van der Waals surface area contributed by atoms with Crippen LogP contribution in [0, 0.1) is 13.8 Å². The van der Waals surface area contributed by atoms with Gasteiger partial charge in [0, 0.05) is 12.4 Å². The number of fused-ring (bicyclic) bond motifs is 1. The van der Waals surface area contributed by atoms with Crippen molar-refractivity contribution in [1.29, 1.82) is 0 Å². The van der Waals surface area contributed by atoms with E-state index in [1.54, 1.807) is 26.0 Å². The van der Waals surface area contributed by atoms with E-state index in [4.69, 9.17) is 13.9 Å². The Bertz CT molecular complexity index is 929. The Morgan fingerprint density at radius 1 is 1.12 bits per heavy atom. The number of carbonyl (C=O) groups is 1. The second-order valence-electron chi connectivity index (χ2n) is 6.29. The topological polar surface area (TPSA) is 51.9 Å². The lowest BCUT2D eigenvalue weighted by atomic mass is 10.1. The van der Waals surface area contributed by atoms with Gasteiger partial charge >= 0.3 is 0 Å². The summed E-state index contributed by atoms with van der Waals surface area (Å²) in [6, 6.07) is 13.3. The molecule has 0 bridgehead atoms. The monoisotopic (exact) mass is 353 g/mol. The van der Waals surface area contributed by atoms with Crippen molar-refractivity contribution in [3.63, 3.8) is 0 Å². The summed E-state index contributed by atoms with van der Waals surface area (Å²) in [7, 11) is 3.37. The molecule has 3 aromatic rings. The third-order valence-corrected chi connectivity index (χ3v) is 4.32. The van der Waals surface area contributed by atoms with E-state index in [1.165, 1.54) is 0 Å². The third-order valence-electron chi connectivity index (χ3n) is 4.32. The number of hydrogen-bond donors (Lipinski definition) is 0. The van der Waals surface area contributed by atoms with Crippen LogP contribution in [0.25, 0.3) is 11.0 Å². The Labute approximate surface area is 153 Å². The van der Waals surface area contributed by atoms with Crippen LogP contribution in [0.2, 0.25) is 0 Å². The predicted octanol–water partition coefficient (Wildman–Crippen LogP) is 4.21. The highest BCUT2D eigenvalue weighted by Crippen LogP contribution is 2.29. The van der Waals surface area contributed by atoms with Gasteiger partial charge in [0.05, 0.1) is 19.2 Å². The summed E-state index contributed by atoms with van der Waals surface area (Å²) in [5, 5.41) is 0.762. The van der Waals surface area contributed by atoms with Gasteiger partial charge in [0.25, 0.3) is 5.91 Å². The van der Waals surface area contributed by atoms with Gasteiger partial charge in [0.15, 0.2) is 0 Å². The van der Waals surface area contributed by atoms with Crippen LogP contribution in [-0.2, 0) is 0 Å². The number of furan rings is 1. The molecule has 26 heavy (non-hydrogen) atoms. The number of hydrogen-bond acceptors (Lipinski definition) is 4. The normalized spacial score (nSPS) is 10.8. The first-order chi connectivity index (χ1) is 12.5. The molecule has 0 N–H and O–H groups in total. The van der Waals surface area contributed by atoms with E-state index in [9.17, 15) is 4.79 Å². The first-order valence-electron chi connectivity index (χ1n) is 8.51. The Kier molecular flexibility index (Phi) is 5.16. The number of carbonyl (C=O) groups excluding carboxylic acids is 1. The number of likely N-dealkylation sites (N-methyl/N-ethyl adjacent to an activating group) is 1. The Morgan fingerprint density at radius 2 is 1.92 bits per heavy atom. The number of methoxy groups -OCH3 is 1. The Balaban J connectivity index is 1.72. The zero-order valence-corrected chi connectivity index (χ0v) is 15.5. The van der Waals surface area contributed by atoms with Crippen LogP contribution in [0.3, 0.4) is 0 Å². The fourth-order valence-corrected chi connectivity index (χ4v) is 2.89. The Morgan fingerprint density at radius 3 is 2.65 bits per heavy atom. The number of rotatable bonds is 6. The van der Waals surface area contributed by atoms with Gasteiger partial charge in [-0.3, -0.25) is 4.79 Å². The molecule has 0 saturated carbocycles. The highest BCUT2D eigenvalue weighted by atomic mass is 16.5. The van der Waals surface area contributed by atoms with Crippen LogP contribution in [-0.4, -0.2) is 38.1 Å². The molecular weight excluding hydrogens is 330 g/mol. The molecule has 0 aliphatic carbocycles. The zero-order chi connectivity index (χ0) is 18.7. The standard InChI is InChI=1S/C21H23NO4/c1-14-6-5-7-17(12-14)25-11-10-22(3)21(23)20-15(2)26-19-9-8-16(24-4)13-18(19)20/h5-9,12-13H,10-11H2,1-4H3. The molecule has 0 aliphatic heterocycles. The van der Waals surface area contributed by atoms with E-state index < -0.39 is 0 Å². The molecule has 1 amide bonds. The maximum Gasteiger partial charge on any atom is 0.257 e. The Hall–Kier alpha value is -2.95. The van der Waals surface area contributed by atoms with Crippen LogP contribution in [0.5, 0.6) is 11.5 Å². The number of nitrogens with zero attached hydrogens (tertiary/aromatic N) is 1. The largest absolute Gasteiger partial charge is 0.497 e. The van der Waals surface area contributed by atoms with E-state index in [1.807, 2.05) is 49.4 Å². The van der Waals surface area contributed by atoms with Crippen LogP contribution in [0.1, 0.15) is 21.7 Å². The lowest BCUT2D eigenvalue weighted by Gasteiger charge is -2.17. The third kappa shape index (κ3) is 3.67. The predicted molar refractivity (Wildman–Crippen MR) is 101 cm³/mol. The highest BCUT2D eigenvalue weighted by Gasteiger charge is 2.21. The minimum Gasteiger partial charge on any atom is -0.497 e. The maximum absolute atomic E-state index is 12.9. The minimum atomic E-state index is -0.0951. The molecule has 0 radical (unpaired) electrons. The summed E-state index contributed by atoms with van der Waals surface area (Å²) in [5.74, 6) is 2.00. The molecule has 5 nitrogen and oxygen atoms in total. The van der Waals surface area contributed by atoms with Gasteiger partial charge in [-0.05, 0) is 49.7 Å². The summed E-state index contributed by atoms with van der Waals surface area (Å²) < 4.78 is 16.7. The van der Waals surface area contributed by atoms with Crippen molar-refractivity contribution < 1.29 is 18.7 Å². The first kappa shape index (κ1) is 17.9. The molecule has 0 saturated heterocycles. The summed E-state index contributed by atoms with van der Waals surface area (Å²) in [6.07, 6.45) is 0. The maximum atomic E-state index is 12.9. The number of aryl methyl sites for hydroxylation is 2. The summed E-state index contributed by atoms with van der Waals surface area (Å²) >= 11 is 0. The number of amides is 1. The van der Waals surface area contributed by atoms with Gasteiger partial charge in [-0.25, -0.2) is 0 Å². The second kappa shape index (κ2) is 7.52. The fraction of sp³-hybridized carbons (Fsp3) is 0.286. The second-order valence-corrected chi connectivity index (χ2v) is 6.29. The van der Waals surface area contributed by atoms with Crippen molar-refractivity contribution >= 4 is 16.9 Å². The van der Waals surface area contributed by atoms with Gasteiger partial charge < -0.3 is 18.8 Å². The lowest BCUT2D eigenvalue weighted by Crippen LogP contribution is -2.31. The van der Waals surface area contributed by atoms with Gasteiger partial charge in [-0.1, -0.05) is 12.1 Å². The van der Waals surface area contributed by atoms with Crippen molar-refractivity contribution in [1.82, 2.24) is 4.90 Å². The van der Waals surface area contributed by atoms with E-state index in [-0.39, 0.29) is 5.91 Å². The molecule has 3 rings (SSSR count). The van der Waals surface area contributed by atoms with Crippen molar-refractivity contribution in [3.8, 4) is 11.5 Å². The number of benzene rings is 2. The molecule has 0 aliphatic rings. The van der Waals surface area contributed by atoms with Crippen molar-refractivity contribution in [2.75, 3.05) is 27.3 Å². The van der Waals surface area contributed by atoms with E-state index in [0.717, 1.165) is 16.7 Å². The van der Waals surface area contributed by atoms with Gasteiger partial charge in [0.2, 0.25) is 0 Å². The molecule has 0 fully saturated rings. The van der Waals surface area contributed by atoms with E-state index >= 15 is 0 Å². The molecule has 0 spiro atoms. The fourth-order valence-electron chi connectivity index (χ4n) is 2.89. The summed E-state index contributed by atoms with van der Waals surface area (Å²) in [5.41, 5.74) is 2.38. The van der Waals surface area contributed by atoms with Crippen molar-refractivity contribution in [3.05, 3.63) is 59.4 Å². The van der Waals surface area contributed by atoms with Crippen LogP contribution < -0.4 is 9.47 Å². The van der Waals surface area contributed by atoms with E-state index in [2.05, 4.69) is 0 Å². The first-order valence-corrected chi connectivity index (χ1v) is 8.51. The quantitative estimate of drug-likeness (QED) is 0.666. The molecular formula is C21H23NO4. The molecule has 1 heterocycles. The average molecular weight is 353 g/mol. The minimum absolute atomic E-state index is 0.0951. The van der Waals surface area contributed by atoms with Gasteiger partial charge in [-0.15, -0.1) is 0 Å². The SMILES string of the molecule is COc1ccc2oc(C)c(C(=O)N(C)CCOc3cccc(C)c3)c2c1. The molecule has 5 heteroatoms. The summed E-state index contributed by atoms with van der Waals surface area (Å²) in [6.45, 7) is 4.72. The smallest absolute Gasteiger partial charge is 0.257 e. The molecule has 0 atom stereocenters.